The van der Waals surface area contributed by atoms with Gasteiger partial charge in [-0.3, -0.25) is 9.97 Å². The summed E-state index contributed by atoms with van der Waals surface area (Å²) in [6.07, 6.45) is 5.14. The summed E-state index contributed by atoms with van der Waals surface area (Å²) in [7, 11) is 0. The molecule has 0 N–H and O–H groups in total. The van der Waals surface area contributed by atoms with Crippen LogP contribution in [0.1, 0.15) is 0 Å². The van der Waals surface area contributed by atoms with Crippen LogP contribution in [-0.2, 0) is 0 Å². The highest BCUT2D eigenvalue weighted by atomic mass is 14.8. The highest BCUT2D eigenvalue weighted by molar-refractivity contribution is 6.08. The SMILES string of the molecule is [c]1c(-c2cnccn2)ccc2c1ccc1ccccc12. The minimum absolute atomic E-state index is 0.850. The Morgan fingerprint density at radius 2 is 1.75 bits per heavy atom. The van der Waals surface area contributed by atoms with E-state index in [4.69, 9.17) is 0 Å². The topological polar surface area (TPSA) is 25.8 Å². The third kappa shape index (κ3) is 1.74. The van der Waals surface area contributed by atoms with Crippen molar-refractivity contribution in [2.24, 2.45) is 0 Å². The quantitative estimate of drug-likeness (QED) is 0.475. The minimum atomic E-state index is 0.850. The van der Waals surface area contributed by atoms with Gasteiger partial charge >= 0.3 is 0 Å². The first-order valence-corrected chi connectivity index (χ1v) is 6.52. The Morgan fingerprint density at radius 3 is 2.65 bits per heavy atom. The maximum absolute atomic E-state index is 4.32. The number of hydrogen-bond acceptors (Lipinski definition) is 2. The van der Waals surface area contributed by atoms with Crippen LogP contribution in [0.5, 0.6) is 0 Å². The van der Waals surface area contributed by atoms with Gasteiger partial charge in [-0.25, -0.2) is 0 Å². The van der Waals surface area contributed by atoms with Crippen LogP contribution in [0.2, 0.25) is 0 Å². The molecule has 1 aromatic heterocycles. The molecular weight excluding hydrogens is 244 g/mol. The van der Waals surface area contributed by atoms with Crippen LogP contribution in [-0.4, -0.2) is 9.97 Å². The molecule has 4 rings (SSSR count). The van der Waals surface area contributed by atoms with Crippen LogP contribution < -0.4 is 0 Å². The standard InChI is InChI=1S/C18H11N2/c1-2-4-16-13(3-1)5-6-14-11-15(7-8-17(14)16)18-12-19-9-10-20-18/h1-10,12H. The van der Waals surface area contributed by atoms with E-state index in [0.29, 0.717) is 0 Å². The maximum Gasteiger partial charge on any atom is 0.0891 e. The van der Waals surface area contributed by atoms with Crippen LogP contribution in [0.15, 0.2) is 67.1 Å². The Hall–Kier alpha value is -2.74. The number of aromatic nitrogens is 2. The van der Waals surface area contributed by atoms with Gasteiger partial charge in [0.05, 0.1) is 11.9 Å². The third-order valence-electron chi connectivity index (χ3n) is 3.50. The van der Waals surface area contributed by atoms with Crippen molar-refractivity contribution < 1.29 is 0 Å². The highest BCUT2D eigenvalue weighted by Crippen LogP contribution is 2.28. The second kappa shape index (κ2) is 4.42. The Bertz CT molecular complexity index is 899. The molecule has 2 heteroatoms. The molecule has 0 atom stereocenters. The Kier molecular flexibility index (Phi) is 2.46. The fourth-order valence-corrected chi connectivity index (χ4v) is 2.53. The van der Waals surface area contributed by atoms with Crippen molar-refractivity contribution in [1.82, 2.24) is 9.97 Å². The second-order valence-electron chi connectivity index (χ2n) is 4.71. The zero-order chi connectivity index (χ0) is 13.4. The van der Waals surface area contributed by atoms with Crippen molar-refractivity contribution >= 4 is 21.5 Å². The molecule has 0 saturated carbocycles. The van der Waals surface area contributed by atoms with E-state index in [1.807, 2.05) is 0 Å². The zero-order valence-corrected chi connectivity index (χ0v) is 10.7. The van der Waals surface area contributed by atoms with E-state index < -0.39 is 0 Å². The smallest absolute Gasteiger partial charge is 0.0891 e. The molecule has 0 unspecified atom stereocenters. The summed E-state index contributed by atoms with van der Waals surface area (Å²) >= 11 is 0. The molecule has 0 saturated heterocycles. The van der Waals surface area contributed by atoms with Gasteiger partial charge in [-0.1, -0.05) is 48.5 Å². The van der Waals surface area contributed by atoms with Crippen LogP contribution >= 0.6 is 0 Å². The van der Waals surface area contributed by atoms with Gasteiger partial charge in [-0.05, 0) is 21.5 Å². The lowest BCUT2D eigenvalue weighted by Crippen LogP contribution is -1.85. The van der Waals surface area contributed by atoms with Crippen molar-refractivity contribution in [3.8, 4) is 11.3 Å². The molecular formula is C18H11N2. The molecule has 4 aromatic rings. The number of benzene rings is 3. The van der Waals surface area contributed by atoms with Gasteiger partial charge in [-0.2, -0.15) is 0 Å². The maximum atomic E-state index is 4.32. The van der Waals surface area contributed by atoms with Gasteiger partial charge in [0.1, 0.15) is 0 Å². The third-order valence-corrected chi connectivity index (χ3v) is 3.50. The molecule has 93 valence electrons. The molecule has 3 aromatic carbocycles. The van der Waals surface area contributed by atoms with E-state index in [2.05, 4.69) is 64.6 Å². The van der Waals surface area contributed by atoms with Crippen molar-refractivity contribution in [3.63, 3.8) is 0 Å². The summed E-state index contributed by atoms with van der Waals surface area (Å²) < 4.78 is 0. The molecule has 0 aliphatic carbocycles. The second-order valence-corrected chi connectivity index (χ2v) is 4.71. The highest BCUT2D eigenvalue weighted by Gasteiger charge is 2.04. The molecule has 0 spiro atoms. The Labute approximate surface area is 116 Å². The van der Waals surface area contributed by atoms with Crippen molar-refractivity contribution in [3.05, 3.63) is 73.2 Å². The van der Waals surface area contributed by atoms with Gasteiger partial charge in [0, 0.05) is 24.0 Å². The monoisotopic (exact) mass is 255 g/mol. The zero-order valence-electron chi connectivity index (χ0n) is 10.7. The summed E-state index contributed by atoms with van der Waals surface area (Å²) in [6.45, 7) is 0. The van der Waals surface area contributed by atoms with Gasteiger partial charge in [0.2, 0.25) is 0 Å². The predicted molar refractivity (Wildman–Crippen MR) is 81.3 cm³/mol. The summed E-state index contributed by atoms with van der Waals surface area (Å²) in [4.78, 5) is 8.43. The van der Waals surface area contributed by atoms with E-state index in [-0.39, 0.29) is 0 Å². The predicted octanol–water partition coefficient (Wildman–Crippen LogP) is 4.25. The van der Waals surface area contributed by atoms with E-state index in [0.717, 1.165) is 16.6 Å². The van der Waals surface area contributed by atoms with E-state index in [1.165, 1.54) is 16.2 Å². The molecule has 0 aliphatic heterocycles. The molecule has 1 radical (unpaired) electrons. The molecule has 20 heavy (non-hydrogen) atoms. The lowest BCUT2D eigenvalue weighted by atomic mass is 9.99. The fraction of sp³-hybridized carbons (Fsp3) is 0. The fourth-order valence-electron chi connectivity index (χ4n) is 2.53. The first-order valence-electron chi connectivity index (χ1n) is 6.52. The minimum Gasteiger partial charge on any atom is -0.261 e. The van der Waals surface area contributed by atoms with Gasteiger partial charge in [0.25, 0.3) is 0 Å². The molecule has 0 aliphatic rings. The Morgan fingerprint density at radius 1 is 0.800 bits per heavy atom. The number of nitrogens with zero attached hydrogens (tertiary/aromatic N) is 2. The first-order chi connectivity index (χ1) is 9.92. The molecule has 2 nitrogen and oxygen atoms in total. The summed E-state index contributed by atoms with van der Waals surface area (Å²) in [5.74, 6) is 0. The van der Waals surface area contributed by atoms with Gasteiger partial charge in [-0.15, -0.1) is 0 Å². The van der Waals surface area contributed by atoms with Crippen molar-refractivity contribution in [2.75, 3.05) is 0 Å². The largest absolute Gasteiger partial charge is 0.261 e. The Balaban J connectivity index is 1.99. The normalized spacial score (nSPS) is 11.0. The summed E-state index contributed by atoms with van der Waals surface area (Å²) in [5.41, 5.74) is 1.82. The lowest BCUT2D eigenvalue weighted by molar-refractivity contribution is 1.21. The average molecular weight is 255 g/mol. The van der Waals surface area contributed by atoms with Crippen LogP contribution in [0.4, 0.5) is 0 Å². The van der Waals surface area contributed by atoms with Crippen LogP contribution in [0.25, 0.3) is 32.8 Å². The number of hydrogen-bond donors (Lipinski definition) is 0. The molecule has 0 bridgehead atoms. The van der Waals surface area contributed by atoms with E-state index >= 15 is 0 Å². The lowest BCUT2D eigenvalue weighted by Gasteiger charge is -2.05. The van der Waals surface area contributed by atoms with E-state index in [9.17, 15) is 0 Å². The van der Waals surface area contributed by atoms with Gasteiger partial charge < -0.3 is 0 Å². The average Bonchev–Trinajstić information content (AvgIpc) is 2.55. The molecule has 0 amide bonds. The van der Waals surface area contributed by atoms with Crippen molar-refractivity contribution in [1.29, 1.82) is 0 Å². The molecule has 0 fully saturated rings. The number of fused-ring (bicyclic) bond motifs is 3. The number of rotatable bonds is 1. The summed E-state index contributed by atoms with van der Waals surface area (Å²) in [5, 5.41) is 4.83. The van der Waals surface area contributed by atoms with Crippen LogP contribution in [0, 0.1) is 6.07 Å². The van der Waals surface area contributed by atoms with Gasteiger partial charge in [0.15, 0.2) is 0 Å². The van der Waals surface area contributed by atoms with Crippen LogP contribution in [0.3, 0.4) is 0 Å². The molecule has 1 heterocycles. The first kappa shape index (κ1) is 11.1. The van der Waals surface area contributed by atoms with E-state index in [1.54, 1.807) is 18.6 Å². The van der Waals surface area contributed by atoms with Crippen molar-refractivity contribution in [2.45, 2.75) is 0 Å². The summed E-state index contributed by atoms with van der Waals surface area (Å²) in [6, 6.07) is 20.3.